The van der Waals surface area contributed by atoms with E-state index in [0.717, 1.165) is 9.87 Å². The molecule has 0 heterocycles. The number of hydrogen-bond donors (Lipinski definition) is 1. The van der Waals surface area contributed by atoms with Crippen molar-refractivity contribution in [3.63, 3.8) is 0 Å². The molecular formula is C30H35Cl2N3O4S. The summed E-state index contributed by atoms with van der Waals surface area (Å²) >= 11 is 12.7. The maximum atomic E-state index is 14.0. The number of hydrogen-bond acceptors (Lipinski definition) is 4. The third-order valence-corrected chi connectivity index (χ3v) is 8.86. The van der Waals surface area contributed by atoms with Crippen LogP contribution in [0.5, 0.6) is 0 Å². The monoisotopic (exact) mass is 603 g/mol. The quantitative estimate of drug-likeness (QED) is 0.291. The highest BCUT2D eigenvalue weighted by molar-refractivity contribution is 7.92. The first-order chi connectivity index (χ1) is 18.8. The number of benzene rings is 3. The SMILES string of the molecule is Cc1ccc(S(=O)(=O)N(CC(=O)N(Cc2ccccc2Cl)[C@H](C)C(=O)NCC(C)C)c2cc(Cl)ccc2C)cc1. The first kappa shape index (κ1) is 31.5. The van der Waals surface area contributed by atoms with Crippen LogP contribution in [0.2, 0.25) is 10.0 Å². The standard InChI is InChI=1S/C30H35Cl2N3O4S/c1-20(2)17-33-30(37)23(5)34(18-24-8-6-7-9-27(24)32)29(36)19-35(28-16-25(31)13-12-22(28)4)40(38,39)26-14-10-21(3)11-15-26/h6-16,20,23H,17-19H2,1-5H3,(H,33,37)/t23-/m1/s1. The number of aryl methyl sites for hydroxylation is 2. The lowest BCUT2D eigenvalue weighted by molar-refractivity contribution is -0.139. The van der Waals surface area contributed by atoms with Gasteiger partial charge < -0.3 is 10.2 Å². The lowest BCUT2D eigenvalue weighted by Crippen LogP contribution is -2.51. The first-order valence-electron chi connectivity index (χ1n) is 13.0. The molecule has 3 aromatic carbocycles. The van der Waals surface area contributed by atoms with Gasteiger partial charge >= 0.3 is 0 Å². The van der Waals surface area contributed by atoms with Crippen LogP contribution in [0.4, 0.5) is 5.69 Å². The van der Waals surface area contributed by atoms with Crippen LogP contribution in [-0.4, -0.2) is 44.3 Å². The topological polar surface area (TPSA) is 86.8 Å². The summed E-state index contributed by atoms with van der Waals surface area (Å²) < 4.78 is 29.0. The number of halogens is 2. The van der Waals surface area contributed by atoms with Crippen LogP contribution < -0.4 is 9.62 Å². The Morgan fingerprint density at radius 1 is 0.925 bits per heavy atom. The molecular weight excluding hydrogens is 569 g/mol. The van der Waals surface area contributed by atoms with Crippen molar-refractivity contribution in [2.45, 2.75) is 52.1 Å². The summed E-state index contributed by atoms with van der Waals surface area (Å²) in [5, 5.41) is 3.63. The summed E-state index contributed by atoms with van der Waals surface area (Å²) in [7, 11) is -4.19. The Morgan fingerprint density at radius 3 is 2.20 bits per heavy atom. The normalized spacial score (nSPS) is 12.2. The average Bonchev–Trinajstić information content (AvgIpc) is 2.91. The van der Waals surface area contributed by atoms with E-state index in [4.69, 9.17) is 23.2 Å². The zero-order valence-electron chi connectivity index (χ0n) is 23.3. The third kappa shape index (κ3) is 7.77. The van der Waals surface area contributed by atoms with Crippen molar-refractivity contribution in [1.29, 1.82) is 0 Å². The van der Waals surface area contributed by atoms with Crippen molar-refractivity contribution >= 4 is 50.7 Å². The molecule has 0 bridgehead atoms. The highest BCUT2D eigenvalue weighted by Crippen LogP contribution is 2.30. The molecule has 3 rings (SSSR count). The van der Waals surface area contributed by atoms with Gasteiger partial charge in [0.05, 0.1) is 10.6 Å². The Bertz CT molecular complexity index is 1460. The van der Waals surface area contributed by atoms with Gasteiger partial charge in [-0.25, -0.2) is 8.42 Å². The van der Waals surface area contributed by atoms with Crippen LogP contribution in [0.3, 0.4) is 0 Å². The predicted molar refractivity (Wildman–Crippen MR) is 161 cm³/mol. The summed E-state index contributed by atoms with van der Waals surface area (Å²) in [5.74, 6) is -0.701. The number of sulfonamides is 1. The summed E-state index contributed by atoms with van der Waals surface area (Å²) in [4.78, 5) is 28.5. The average molecular weight is 605 g/mol. The second-order valence-corrected chi connectivity index (χ2v) is 12.9. The zero-order chi connectivity index (χ0) is 29.6. The van der Waals surface area contributed by atoms with Gasteiger partial charge in [-0.05, 0) is 68.1 Å². The summed E-state index contributed by atoms with van der Waals surface area (Å²) in [5.41, 5.74) is 2.42. The number of rotatable bonds is 11. The molecule has 10 heteroatoms. The van der Waals surface area contributed by atoms with Gasteiger partial charge in [0.2, 0.25) is 11.8 Å². The molecule has 2 amide bonds. The molecule has 0 fully saturated rings. The fourth-order valence-corrected chi connectivity index (χ4v) is 5.88. The van der Waals surface area contributed by atoms with Crippen LogP contribution in [0.25, 0.3) is 0 Å². The van der Waals surface area contributed by atoms with Crippen molar-refractivity contribution in [3.05, 3.63) is 93.5 Å². The van der Waals surface area contributed by atoms with E-state index in [1.807, 2.05) is 20.8 Å². The molecule has 1 atom stereocenters. The number of nitrogens with zero attached hydrogens (tertiary/aromatic N) is 2. The van der Waals surface area contributed by atoms with Crippen molar-refractivity contribution in [2.24, 2.45) is 5.92 Å². The van der Waals surface area contributed by atoms with Gasteiger partial charge in [-0.1, -0.05) is 79.0 Å². The number of carbonyl (C=O) groups is 2. The van der Waals surface area contributed by atoms with Crippen molar-refractivity contribution in [2.75, 3.05) is 17.4 Å². The molecule has 0 unspecified atom stereocenters. The van der Waals surface area contributed by atoms with Crippen LogP contribution in [0.1, 0.15) is 37.5 Å². The van der Waals surface area contributed by atoms with Crippen LogP contribution in [-0.2, 0) is 26.2 Å². The van der Waals surface area contributed by atoms with E-state index in [-0.39, 0.29) is 29.0 Å². The Balaban J connectivity index is 2.07. The maximum absolute atomic E-state index is 14.0. The minimum absolute atomic E-state index is 0.0156. The van der Waals surface area contributed by atoms with Crippen molar-refractivity contribution in [1.82, 2.24) is 10.2 Å². The van der Waals surface area contributed by atoms with E-state index in [1.165, 1.54) is 23.1 Å². The number of carbonyl (C=O) groups excluding carboxylic acids is 2. The summed E-state index contributed by atoms with van der Waals surface area (Å²) in [6.45, 7) is 9.07. The van der Waals surface area contributed by atoms with Gasteiger partial charge in [0.15, 0.2) is 0 Å². The fourth-order valence-electron chi connectivity index (χ4n) is 4.05. The van der Waals surface area contributed by atoms with Gasteiger partial charge in [0.1, 0.15) is 12.6 Å². The van der Waals surface area contributed by atoms with E-state index in [9.17, 15) is 18.0 Å². The highest BCUT2D eigenvalue weighted by Gasteiger charge is 2.33. The molecule has 0 aliphatic heterocycles. The second-order valence-electron chi connectivity index (χ2n) is 10.2. The molecule has 1 N–H and O–H groups in total. The molecule has 0 aromatic heterocycles. The van der Waals surface area contributed by atoms with E-state index in [1.54, 1.807) is 62.4 Å². The number of amides is 2. The smallest absolute Gasteiger partial charge is 0.264 e. The van der Waals surface area contributed by atoms with E-state index >= 15 is 0 Å². The maximum Gasteiger partial charge on any atom is 0.264 e. The van der Waals surface area contributed by atoms with Crippen LogP contribution in [0, 0.1) is 19.8 Å². The van der Waals surface area contributed by atoms with E-state index < -0.39 is 28.5 Å². The Morgan fingerprint density at radius 2 is 1.57 bits per heavy atom. The van der Waals surface area contributed by atoms with Crippen LogP contribution in [0.15, 0.2) is 71.6 Å². The Kier molecular flexibility index (Phi) is 10.6. The molecule has 0 saturated heterocycles. The second kappa shape index (κ2) is 13.5. The Hall–Kier alpha value is -3.07. The predicted octanol–water partition coefficient (Wildman–Crippen LogP) is 6.00. The molecule has 0 saturated carbocycles. The van der Waals surface area contributed by atoms with Gasteiger partial charge in [-0.3, -0.25) is 13.9 Å². The molecule has 214 valence electrons. The lowest BCUT2D eigenvalue weighted by atomic mass is 10.1. The molecule has 7 nitrogen and oxygen atoms in total. The highest BCUT2D eigenvalue weighted by atomic mass is 35.5. The lowest BCUT2D eigenvalue weighted by Gasteiger charge is -2.32. The summed E-state index contributed by atoms with van der Waals surface area (Å²) in [6.07, 6.45) is 0. The minimum atomic E-state index is -4.19. The summed E-state index contributed by atoms with van der Waals surface area (Å²) in [6, 6.07) is 17.4. The van der Waals surface area contributed by atoms with E-state index in [0.29, 0.717) is 27.7 Å². The van der Waals surface area contributed by atoms with Gasteiger partial charge in [-0.2, -0.15) is 0 Å². The number of anilines is 1. The molecule has 0 radical (unpaired) electrons. The first-order valence-corrected chi connectivity index (χ1v) is 15.2. The van der Waals surface area contributed by atoms with Crippen molar-refractivity contribution < 1.29 is 18.0 Å². The van der Waals surface area contributed by atoms with E-state index in [2.05, 4.69) is 5.32 Å². The Labute approximate surface area is 247 Å². The van der Waals surface area contributed by atoms with Gasteiger partial charge in [0.25, 0.3) is 10.0 Å². The fraction of sp³-hybridized carbons (Fsp3) is 0.333. The third-order valence-electron chi connectivity index (χ3n) is 6.48. The molecule has 0 aliphatic carbocycles. The molecule has 0 spiro atoms. The van der Waals surface area contributed by atoms with Gasteiger partial charge in [-0.15, -0.1) is 0 Å². The minimum Gasteiger partial charge on any atom is -0.354 e. The van der Waals surface area contributed by atoms with Gasteiger partial charge in [0, 0.05) is 23.1 Å². The molecule has 3 aromatic rings. The van der Waals surface area contributed by atoms with Crippen LogP contribution >= 0.6 is 23.2 Å². The zero-order valence-corrected chi connectivity index (χ0v) is 25.6. The molecule has 0 aliphatic rings. The molecule has 40 heavy (non-hydrogen) atoms. The largest absolute Gasteiger partial charge is 0.354 e. The number of nitrogens with one attached hydrogen (secondary N) is 1. The van der Waals surface area contributed by atoms with Crippen molar-refractivity contribution in [3.8, 4) is 0 Å².